The number of hydrogen-bond donors (Lipinski definition) is 2. The maximum absolute atomic E-state index is 13.6. The van der Waals surface area contributed by atoms with Gasteiger partial charge < -0.3 is 10.3 Å². The molecule has 0 spiro atoms. The Morgan fingerprint density at radius 1 is 1.17 bits per heavy atom. The number of fused-ring (bicyclic) bond motifs is 3. The second kappa shape index (κ2) is 5.82. The minimum absolute atomic E-state index is 0.160. The summed E-state index contributed by atoms with van der Waals surface area (Å²) in [5.74, 6) is -0.160. The van der Waals surface area contributed by atoms with E-state index >= 15 is 0 Å². The lowest BCUT2D eigenvalue weighted by Gasteiger charge is -2.27. The first-order valence-corrected chi connectivity index (χ1v) is 8.30. The van der Waals surface area contributed by atoms with Crippen LogP contribution in [0.5, 0.6) is 0 Å². The molecule has 0 bridgehead atoms. The highest BCUT2D eigenvalue weighted by Gasteiger charge is 2.23. The van der Waals surface area contributed by atoms with Crippen molar-refractivity contribution in [1.29, 1.82) is 0 Å². The van der Waals surface area contributed by atoms with Crippen molar-refractivity contribution in [3.05, 3.63) is 71.2 Å². The van der Waals surface area contributed by atoms with Crippen LogP contribution in [0.4, 0.5) is 4.39 Å². The third kappa shape index (κ3) is 2.77. The standard InChI is InChI=1S/C20H21FN2/c1-13(14-5-3-2-4-6-14)22-16-8-10-20-18(12-16)17-11-15(21)7-9-19(17)23-20/h2-7,9,11,13,16,22-23H,8,10,12H2,1H3/t13-,16?/m0/s1. The maximum atomic E-state index is 13.6. The smallest absolute Gasteiger partial charge is 0.123 e. The molecule has 0 radical (unpaired) electrons. The van der Waals surface area contributed by atoms with Crippen LogP contribution in [0.25, 0.3) is 10.9 Å². The van der Waals surface area contributed by atoms with E-state index in [-0.39, 0.29) is 5.82 Å². The SMILES string of the molecule is C[C@H](NC1CCc2[nH]c3ccc(F)cc3c2C1)c1ccccc1. The zero-order valence-electron chi connectivity index (χ0n) is 13.3. The summed E-state index contributed by atoms with van der Waals surface area (Å²) in [6.07, 6.45) is 3.08. The fourth-order valence-electron chi connectivity index (χ4n) is 3.72. The molecule has 0 aliphatic heterocycles. The van der Waals surface area contributed by atoms with Crippen LogP contribution in [0.3, 0.4) is 0 Å². The molecule has 4 rings (SSSR count). The zero-order chi connectivity index (χ0) is 15.8. The van der Waals surface area contributed by atoms with Crippen molar-refractivity contribution in [2.24, 2.45) is 0 Å². The molecule has 2 nitrogen and oxygen atoms in total. The van der Waals surface area contributed by atoms with E-state index in [1.54, 1.807) is 6.07 Å². The van der Waals surface area contributed by atoms with Gasteiger partial charge in [-0.3, -0.25) is 0 Å². The Labute approximate surface area is 135 Å². The molecule has 1 aliphatic carbocycles. The lowest BCUT2D eigenvalue weighted by Crippen LogP contribution is -2.36. The summed E-state index contributed by atoms with van der Waals surface area (Å²) in [6, 6.07) is 16.3. The average Bonchev–Trinajstić information content (AvgIpc) is 2.93. The molecule has 0 amide bonds. The second-order valence-electron chi connectivity index (χ2n) is 6.51. The minimum Gasteiger partial charge on any atom is -0.358 e. The molecular formula is C20H21FN2. The molecule has 1 aliphatic rings. The number of aromatic nitrogens is 1. The predicted octanol–water partition coefficient (Wildman–Crippen LogP) is 4.52. The first-order chi connectivity index (χ1) is 11.2. The van der Waals surface area contributed by atoms with Crippen molar-refractivity contribution in [2.45, 2.75) is 38.3 Å². The Balaban J connectivity index is 1.56. The molecule has 1 aromatic heterocycles. The number of hydrogen-bond acceptors (Lipinski definition) is 1. The molecule has 0 fully saturated rings. The van der Waals surface area contributed by atoms with Crippen molar-refractivity contribution in [1.82, 2.24) is 10.3 Å². The predicted molar refractivity (Wildman–Crippen MR) is 92.1 cm³/mol. The summed E-state index contributed by atoms with van der Waals surface area (Å²) >= 11 is 0. The van der Waals surface area contributed by atoms with Crippen molar-refractivity contribution < 1.29 is 4.39 Å². The molecule has 1 unspecified atom stereocenters. The summed E-state index contributed by atoms with van der Waals surface area (Å²) in [5, 5.41) is 4.78. The third-order valence-corrected chi connectivity index (χ3v) is 4.94. The zero-order valence-corrected chi connectivity index (χ0v) is 13.3. The van der Waals surface area contributed by atoms with Gasteiger partial charge in [0.1, 0.15) is 5.82 Å². The minimum atomic E-state index is -0.160. The molecule has 23 heavy (non-hydrogen) atoms. The largest absolute Gasteiger partial charge is 0.358 e. The normalized spacial score (nSPS) is 18.8. The lowest BCUT2D eigenvalue weighted by molar-refractivity contribution is 0.413. The molecule has 3 aromatic rings. The Hall–Kier alpha value is -2.13. The van der Waals surface area contributed by atoms with E-state index in [1.807, 2.05) is 12.1 Å². The van der Waals surface area contributed by atoms with Gasteiger partial charge in [-0.05, 0) is 55.5 Å². The Kier molecular flexibility index (Phi) is 3.66. The quantitative estimate of drug-likeness (QED) is 0.732. The Morgan fingerprint density at radius 2 is 2.00 bits per heavy atom. The number of benzene rings is 2. The monoisotopic (exact) mass is 308 g/mol. The van der Waals surface area contributed by atoms with Gasteiger partial charge in [0.05, 0.1) is 0 Å². The number of H-pyrrole nitrogens is 1. The van der Waals surface area contributed by atoms with Crippen molar-refractivity contribution in [3.63, 3.8) is 0 Å². The van der Waals surface area contributed by atoms with Gasteiger partial charge in [-0.2, -0.15) is 0 Å². The number of aryl methyl sites for hydroxylation is 1. The molecule has 0 saturated heterocycles. The molecule has 118 valence electrons. The molecule has 3 heteroatoms. The molecule has 2 aromatic carbocycles. The summed E-state index contributed by atoms with van der Waals surface area (Å²) < 4.78 is 13.6. The van der Waals surface area contributed by atoms with Gasteiger partial charge in [-0.25, -0.2) is 4.39 Å². The molecule has 1 heterocycles. The van der Waals surface area contributed by atoms with Crippen LogP contribution >= 0.6 is 0 Å². The number of aromatic amines is 1. The van der Waals surface area contributed by atoms with Crippen LogP contribution in [-0.4, -0.2) is 11.0 Å². The summed E-state index contributed by atoms with van der Waals surface area (Å²) in [4.78, 5) is 3.45. The lowest BCUT2D eigenvalue weighted by atomic mass is 9.90. The van der Waals surface area contributed by atoms with Crippen LogP contribution in [0.1, 0.15) is 36.2 Å². The number of nitrogens with one attached hydrogen (secondary N) is 2. The maximum Gasteiger partial charge on any atom is 0.123 e. The van der Waals surface area contributed by atoms with Gasteiger partial charge in [-0.15, -0.1) is 0 Å². The van der Waals surface area contributed by atoms with Gasteiger partial charge in [0.15, 0.2) is 0 Å². The number of halogens is 1. The third-order valence-electron chi connectivity index (χ3n) is 4.94. The Morgan fingerprint density at radius 3 is 2.83 bits per heavy atom. The second-order valence-corrected chi connectivity index (χ2v) is 6.51. The van der Waals surface area contributed by atoms with Gasteiger partial charge >= 0.3 is 0 Å². The van der Waals surface area contributed by atoms with Crippen LogP contribution in [0.2, 0.25) is 0 Å². The molecule has 2 atom stereocenters. The van der Waals surface area contributed by atoms with Gasteiger partial charge in [0.2, 0.25) is 0 Å². The van der Waals surface area contributed by atoms with E-state index in [2.05, 4.69) is 41.5 Å². The van der Waals surface area contributed by atoms with E-state index in [9.17, 15) is 4.39 Å². The topological polar surface area (TPSA) is 27.8 Å². The van der Waals surface area contributed by atoms with Crippen LogP contribution in [0.15, 0.2) is 48.5 Å². The van der Waals surface area contributed by atoms with Crippen LogP contribution in [0, 0.1) is 5.82 Å². The highest BCUT2D eigenvalue weighted by atomic mass is 19.1. The molecule has 0 saturated carbocycles. The van der Waals surface area contributed by atoms with Crippen molar-refractivity contribution in [2.75, 3.05) is 0 Å². The number of rotatable bonds is 3. The molecular weight excluding hydrogens is 287 g/mol. The van der Waals surface area contributed by atoms with E-state index in [4.69, 9.17) is 0 Å². The van der Waals surface area contributed by atoms with E-state index < -0.39 is 0 Å². The van der Waals surface area contributed by atoms with Crippen LogP contribution < -0.4 is 5.32 Å². The van der Waals surface area contributed by atoms with E-state index in [0.717, 1.165) is 30.2 Å². The highest BCUT2D eigenvalue weighted by molar-refractivity contribution is 5.85. The Bertz CT molecular complexity index is 822. The van der Waals surface area contributed by atoms with E-state index in [0.29, 0.717) is 12.1 Å². The first kappa shape index (κ1) is 14.5. The first-order valence-electron chi connectivity index (χ1n) is 8.30. The highest BCUT2D eigenvalue weighted by Crippen LogP contribution is 2.30. The fraction of sp³-hybridized carbons (Fsp3) is 0.300. The van der Waals surface area contributed by atoms with Crippen molar-refractivity contribution >= 4 is 10.9 Å². The van der Waals surface area contributed by atoms with E-state index in [1.165, 1.54) is 22.9 Å². The fourth-order valence-corrected chi connectivity index (χ4v) is 3.72. The molecule has 2 N–H and O–H groups in total. The summed E-state index contributed by atoms with van der Waals surface area (Å²) in [5.41, 5.74) is 4.91. The van der Waals surface area contributed by atoms with Gasteiger partial charge in [0, 0.05) is 28.7 Å². The summed E-state index contributed by atoms with van der Waals surface area (Å²) in [6.45, 7) is 2.21. The van der Waals surface area contributed by atoms with Gasteiger partial charge in [0.25, 0.3) is 0 Å². The average molecular weight is 308 g/mol. The van der Waals surface area contributed by atoms with Crippen molar-refractivity contribution in [3.8, 4) is 0 Å². The summed E-state index contributed by atoms with van der Waals surface area (Å²) in [7, 11) is 0. The van der Waals surface area contributed by atoms with Crippen LogP contribution in [-0.2, 0) is 12.8 Å². The van der Waals surface area contributed by atoms with Gasteiger partial charge in [-0.1, -0.05) is 30.3 Å².